The maximum atomic E-state index is 12.2. The number of methoxy groups -OCH3 is 2. The fourth-order valence-electron chi connectivity index (χ4n) is 3.61. The third kappa shape index (κ3) is 4.20. The molecule has 2 amide bonds. The van der Waals surface area contributed by atoms with Crippen molar-refractivity contribution in [3.63, 3.8) is 0 Å². The van der Waals surface area contributed by atoms with Crippen molar-refractivity contribution in [2.45, 2.75) is 32.1 Å². The summed E-state index contributed by atoms with van der Waals surface area (Å²) < 4.78 is 10.1. The Morgan fingerprint density at radius 1 is 1.18 bits per heavy atom. The third-order valence-electron chi connectivity index (χ3n) is 4.85. The van der Waals surface area contributed by atoms with E-state index in [1.807, 2.05) is 9.80 Å². The summed E-state index contributed by atoms with van der Waals surface area (Å²) >= 11 is 0. The molecule has 0 aliphatic carbocycles. The zero-order valence-electron chi connectivity index (χ0n) is 13.8. The van der Waals surface area contributed by atoms with Gasteiger partial charge in [0.1, 0.15) is 0 Å². The van der Waals surface area contributed by atoms with Crippen LogP contribution in [-0.2, 0) is 19.1 Å². The summed E-state index contributed by atoms with van der Waals surface area (Å²) in [5.41, 5.74) is 0.0721. The highest BCUT2D eigenvalue weighted by Gasteiger charge is 2.42. The molecular formula is C16H28N2O4. The Bertz CT molecular complexity index is 402. The summed E-state index contributed by atoms with van der Waals surface area (Å²) in [5.74, 6) is 0.381. The van der Waals surface area contributed by atoms with Crippen LogP contribution in [0.15, 0.2) is 0 Å². The fourth-order valence-corrected chi connectivity index (χ4v) is 3.61. The molecule has 2 fully saturated rings. The number of ether oxygens (including phenoxy) is 2. The van der Waals surface area contributed by atoms with Crippen molar-refractivity contribution in [3.8, 4) is 0 Å². The number of amides is 2. The minimum absolute atomic E-state index is 0.0721. The Labute approximate surface area is 132 Å². The number of piperidine rings is 2. The minimum atomic E-state index is 0.0721. The van der Waals surface area contributed by atoms with Crippen molar-refractivity contribution < 1.29 is 19.1 Å². The van der Waals surface area contributed by atoms with E-state index in [4.69, 9.17) is 9.47 Å². The van der Waals surface area contributed by atoms with Gasteiger partial charge >= 0.3 is 0 Å². The van der Waals surface area contributed by atoms with Crippen LogP contribution in [0.3, 0.4) is 0 Å². The molecule has 6 nitrogen and oxygen atoms in total. The molecule has 0 aromatic heterocycles. The van der Waals surface area contributed by atoms with Gasteiger partial charge in [-0.2, -0.15) is 0 Å². The van der Waals surface area contributed by atoms with E-state index in [9.17, 15) is 9.59 Å². The lowest BCUT2D eigenvalue weighted by Gasteiger charge is -2.48. The molecule has 126 valence electrons. The first kappa shape index (κ1) is 17.2. The van der Waals surface area contributed by atoms with Gasteiger partial charge in [-0.15, -0.1) is 0 Å². The molecule has 0 N–H and O–H groups in total. The molecule has 1 spiro atoms. The number of likely N-dealkylation sites (tertiary alicyclic amines) is 2. The summed E-state index contributed by atoms with van der Waals surface area (Å²) in [6, 6.07) is 0. The molecular weight excluding hydrogens is 284 g/mol. The monoisotopic (exact) mass is 312 g/mol. The predicted octanol–water partition coefficient (Wildman–Crippen LogP) is 0.901. The largest absolute Gasteiger partial charge is 0.384 e. The van der Waals surface area contributed by atoms with E-state index in [1.54, 1.807) is 14.2 Å². The molecule has 2 aliphatic rings. The topological polar surface area (TPSA) is 59.1 Å². The molecule has 0 aromatic rings. The summed E-state index contributed by atoms with van der Waals surface area (Å²) in [4.78, 5) is 28.2. The number of rotatable bonds is 6. The number of hydrogen-bond donors (Lipinski definition) is 0. The van der Waals surface area contributed by atoms with Crippen LogP contribution in [-0.4, -0.2) is 75.2 Å². The van der Waals surface area contributed by atoms with E-state index in [1.165, 1.54) is 0 Å². The second-order valence-electron chi connectivity index (χ2n) is 6.47. The minimum Gasteiger partial charge on any atom is -0.384 e. The summed E-state index contributed by atoms with van der Waals surface area (Å²) in [6.45, 7) is 4.04. The highest BCUT2D eigenvalue weighted by molar-refractivity contribution is 5.78. The lowest BCUT2D eigenvalue weighted by atomic mass is 9.73. The van der Waals surface area contributed by atoms with Gasteiger partial charge in [0.15, 0.2) is 0 Å². The predicted molar refractivity (Wildman–Crippen MR) is 82.4 cm³/mol. The van der Waals surface area contributed by atoms with E-state index in [0.717, 1.165) is 38.9 Å². The molecule has 1 unspecified atom stereocenters. The number of carbonyl (C=O) groups is 2. The molecule has 2 heterocycles. The second-order valence-corrected chi connectivity index (χ2v) is 6.47. The van der Waals surface area contributed by atoms with Crippen LogP contribution in [0.1, 0.15) is 32.1 Å². The number of hydrogen-bond acceptors (Lipinski definition) is 4. The van der Waals surface area contributed by atoms with Gasteiger partial charge in [0.05, 0.1) is 19.6 Å². The average molecular weight is 312 g/mol. The molecule has 22 heavy (non-hydrogen) atoms. The number of carbonyl (C=O) groups excluding carboxylic acids is 2. The van der Waals surface area contributed by atoms with Gasteiger partial charge in [-0.1, -0.05) is 0 Å². The van der Waals surface area contributed by atoms with E-state index in [0.29, 0.717) is 32.6 Å². The van der Waals surface area contributed by atoms with Crippen molar-refractivity contribution >= 4 is 11.8 Å². The molecule has 2 rings (SSSR count). The van der Waals surface area contributed by atoms with Gasteiger partial charge in [0.2, 0.25) is 11.8 Å². The lowest BCUT2D eigenvalue weighted by Crippen LogP contribution is -2.55. The van der Waals surface area contributed by atoms with E-state index >= 15 is 0 Å². The lowest BCUT2D eigenvalue weighted by molar-refractivity contribution is -0.144. The molecule has 2 aliphatic heterocycles. The van der Waals surface area contributed by atoms with Gasteiger partial charge in [-0.25, -0.2) is 0 Å². The fraction of sp³-hybridized carbons (Fsp3) is 0.875. The SMILES string of the molecule is COCCC(=O)N1CCCC2(CCC(=O)N(CCOC)C2)C1. The van der Waals surface area contributed by atoms with Crippen LogP contribution in [0.5, 0.6) is 0 Å². The van der Waals surface area contributed by atoms with Crippen molar-refractivity contribution in [2.75, 3.05) is 53.6 Å². The van der Waals surface area contributed by atoms with Gasteiger partial charge in [0.25, 0.3) is 0 Å². The molecule has 0 bridgehead atoms. The van der Waals surface area contributed by atoms with Crippen LogP contribution in [0.4, 0.5) is 0 Å². The average Bonchev–Trinajstić information content (AvgIpc) is 2.54. The summed E-state index contributed by atoms with van der Waals surface area (Å²) in [7, 11) is 3.27. The molecule has 6 heteroatoms. The first-order chi connectivity index (χ1) is 10.6. The Morgan fingerprint density at radius 3 is 2.68 bits per heavy atom. The molecule has 0 saturated carbocycles. The molecule has 0 aromatic carbocycles. The van der Waals surface area contributed by atoms with Gasteiger partial charge in [0, 0.05) is 52.2 Å². The zero-order valence-corrected chi connectivity index (χ0v) is 13.8. The number of nitrogens with zero attached hydrogens (tertiary/aromatic N) is 2. The van der Waals surface area contributed by atoms with Crippen LogP contribution in [0.25, 0.3) is 0 Å². The Kier molecular flexibility index (Phi) is 6.20. The van der Waals surface area contributed by atoms with E-state index in [2.05, 4.69) is 0 Å². The van der Waals surface area contributed by atoms with Gasteiger partial charge in [-0.3, -0.25) is 9.59 Å². The van der Waals surface area contributed by atoms with Gasteiger partial charge < -0.3 is 19.3 Å². The highest BCUT2D eigenvalue weighted by atomic mass is 16.5. The Hall–Kier alpha value is -1.14. The van der Waals surface area contributed by atoms with Crippen molar-refractivity contribution in [2.24, 2.45) is 5.41 Å². The van der Waals surface area contributed by atoms with Crippen molar-refractivity contribution in [1.29, 1.82) is 0 Å². The Morgan fingerprint density at radius 2 is 1.95 bits per heavy atom. The van der Waals surface area contributed by atoms with Crippen molar-refractivity contribution in [1.82, 2.24) is 9.80 Å². The van der Waals surface area contributed by atoms with Crippen LogP contribution in [0.2, 0.25) is 0 Å². The molecule has 1 atom stereocenters. The third-order valence-corrected chi connectivity index (χ3v) is 4.85. The normalized spacial score (nSPS) is 25.8. The van der Waals surface area contributed by atoms with Crippen molar-refractivity contribution in [3.05, 3.63) is 0 Å². The highest BCUT2D eigenvalue weighted by Crippen LogP contribution is 2.38. The summed E-state index contributed by atoms with van der Waals surface area (Å²) in [5, 5.41) is 0. The maximum absolute atomic E-state index is 12.2. The Balaban J connectivity index is 1.96. The van der Waals surface area contributed by atoms with E-state index < -0.39 is 0 Å². The standard InChI is InChI=1S/C16H28N2O4/c1-21-10-5-15(20)17-8-3-6-16(12-17)7-4-14(19)18(13-16)9-11-22-2/h3-13H2,1-2H3. The van der Waals surface area contributed by atoms with Crippen LogP contribution >= 0.6 is 0 Å². The summed E-state index contributed by atoms with van der Waals surface area (Å²) in [6.07, 6.45) is 4.04. The zero-order chi connectivity index (χ0) is 16.0. The second kappa shape index (κ2) is 7.92. The van der Waals surface area contributed by atoms with E-state index in [-0.39, 0.29) is 17.2 Å². The first-order valence-electron chi connectivity index (χ1n) is 8.14. The first-order valence-corrected chi connectivity index (χ1v) is 8.14. The molecule has 2 saturated heterocycles. The van der Waals surface area contributed by atoms with Crippen LogP contribution < -0.4 is 0 Å². The quantitative estimate of drug-likeness (QED) is 0.731. The van der Waals surface area contributed by atoms with Gasteiger partial charge in [-0.05, 0) is 19.3 Å². The smallest absolute Gasteiger partial charge is 0.224 e. The van der Waals surface area contributed by atoms with Crippen LogP contribution in [0, 0.1) is 5.41 Å². The maximum Gasteiger partial charge on any atom is 0.224 e. The molecule has 0 radical (unpaired) electrons.